The van der Waals surface area contributed by atoms with E-state index in [1.54, 1.807) is 13.1 Å². The van der Waals surface area contributed by atoms with E-state index in [2.05, 4.69) is 4.98 Å². The number of carbonyl (C=O) groups excluding carboxylic acids is 1. The van der Waals surface area contributed by atoms with Crippen LogP contribution in [0.4, 0.5) is 5.82 Å². The summed E-state index contributed by atoms with van der Waals surface area (Å²) >= 11 is 5.84. The van der Waals surface area contributed by atoms with Crippen LogP contribution in [0.15, 0.2) is 12.3 Å². The molecule has 0 aromatic carbocycles. The first-order chi connectivity index (χ1) is 7.63. The van der Waals surface area contributed by atoms with E-state index in [-0.39, 0.29) is 5.91 Å². The Hall–Kier alpha value is -1.29. The van der Waals surface area contributed by atoms with Gasteiger partial charge in [0.05, 0.1) is 5.02 Å². The lowest BCUT2D eigenvalue weighted by molar-refractivity contribution is -0.126. The van der Waals surface area contributed by atoms with Crippen LogP contribution in [0.5, 0.6) is 5.75 Å². The van der Waals surface area contributed by atoms with Gasteiger partial charge in [0.15, 0.2) is 17.7 Å². The molecule has 16 heavy (non-hydrogen) atoms. The molecule has 5 heteroatoms. The standard InChI is InChI=1S/C11H13ClN2O2/c1-3-4-8-11(15)14(2)10-9(16-8)5-7(12)6-13-10/h5-6,8H,3-4H2,1-2H3. The molecule has 0 aliphatic carbocycles. The molecular formula is C11H13ClN2O2. The minimum atomic E-state index is -0.414. The van der Waals surface area contributed by atoms with Crippen molar-refractivity contribution in [3.63, 3.8) is 0 Å². The van der Waals surface area contributed by atoms with Crippen LogP contribution >= 0.6 is 11.6 Å². The Kier molecular flexibility index (Phi) is 3.01. The SMILES string of the molecule is CCCC1Oc2cc(Cl)cnc2N(C)C1=O. The van der Waals surface area contributed by atoms with Crippen LogP contribution in [0, 0.1) is 0 Å². The number of hydrogen-bond donors (Lipinski definition) is 0. The Bertz CT molecular complexity index is 422. The zero-order valence-electron chi connectivity index (χ0n) is 9.24. The summed E-state index contributed by atoms with van der Waals surface area (Å²) in [4.78, 5) is 17.5. The summed E-state index contributed by atoms with van der Waals surface area (Å²) in [6.45, 7) is 2.02. The van der Waals surface area contributed by atoms with Gasteiger partial charge in [0, 0.05) is 19.3 Å². The molecule has 0 radical (unpaired) electrons. The minimum absolute atomic E-state index is 0.0517. The minimum Gasteiger partial charge on any atom is -0.477 e. The predicted molar refractivity (Wildman–Crippen MR) is 62.0 cm³/mol. The van der Waals surface area contributed by atoms with Gasteiger partial charge in [0.2, 0.25) is 0 Å². The normalized spacial score (nSPS) is 19.3. The highest BCUT2D eigenvalue weighted by molar-refractivity contribution is 6.30. The Morgan fingerprint density at radius 2 is 2.38 bits per heavy atom. The number of halogens is 1. The van der Waals surface area contributed by atoms with Gasteiger partial charge in [-0.3, -0.25) is 9.69 Å². The highest BCUT2D eigenvalue weighted by atomic mass is 35.5. The topological polar surface area (TPSA) is 42.4 Å². The monoisotopic (exact) mass is 240 g/mol. The number of aromatic nitrogens is 1. The number of amides is 1. The van der Waals surface area contributed by atoms with E-state index in [4.69, 9.17) is 16.3 Å². The van der Waals surface area contributed by atoms with E-state index in [0.717, 1.165) is 6.42 Å². The first-order valence-electron chi connectivity index (χ1n) is 5.23. The van der Waals surface area contributed by atoms with Gasteiger partial charge in [0.25, 0.3) is 5.91 Å². The second-order valence-corrected chi connectivity index (χ2v) is 4.20. The number of pyridine rings is 1. The molecule has 2 heterocycles. The van der Waals surface area contributed by atoms with Crippen LogP contribution in [-0.4, -0.2) is 24.0 Å². The van der Waals surface area contributed by atoms with Crippen molar-refractivity contribution < 1.29 is 9.53 Å². The second-order valence-electron chi connectivity index (χ2n) is 3.77. The molecule has 1 aromatic rings. The van der Waals surface area contributed by atoms with Gasteiger partial charge < -0.3 is 4.74 Å². The highest BCUT2D eigenvalue weighted by Crippen LogP contribution is 2.33. The Morgan fingerprint density at radius 3 is 3.06 bits per heavy atom. The maximum absolute atomic E-state index is 11.9. The molecule has 1 amide bonds. The number of fused-ring (bicyclic) bond motifs is 1. The largest absolute Gasteiger partial charge is 0.477 e. The smallest absolute Gasteiger partial charge is 0.269 e. The number of carbonyl (C=O) groups is 1. The molecule has 0 bridgehead atoms. The average molecular weight is 241 g/mol. The summed E-state index contributed by atoms with van der Waals surface area (Å²) in [6.07, 6.45) is 2.69. The Labute approximate surface area is 99.2 Å². The molecule has 1 aliphatic rings. The number of hydrogen-bond acceptors (Lipinski definition) is 3. The molecule has 4 nitrogen and oxygen atoms in total. The molecular weight excluding hydrogens is 228 g/mol. The van der Waals surface area contributed by atoms with Crippen molar-refractivity contribution in [2.75, 3.05) is 11.9 Å². The molecule has 0 spiro atoms. The Balaban J connectivity index is 2.36. The fourth-order valence-corrected chi connectivity index (χ4v) is 1.87. The molecule has 2 rings (SSSR count). The summed E-state index contributed by atoms with van der Waals surface area (Å²) in [5, 5.41) is 0.511. The quantitative estimate of drug-likeness (QED) is 0.796. The predicted octanol–water partition coefficient (Wildman–Crippen LogP) is 2.26. The van der Waals surface area contributed by atoms with E-state index in [0.29, 0.717) is 23.0 Å². The lowest BCUT2D eigenvalue weighted by Gasteiger charge is -2.30. The number of nitrogens with zero attached hydrogens (tertiary/aromatic N) is 2. The van der Waals surface area contributed by atoms with Gasteiger partial charge in [-0.15, -0.1) is 0 Å². The summed E-state index contributed by atoms with van der Waals surface area (Å²) in [7, 11) is 1.70. The van der Waals surface area contributed by atoms with Crippen molar-refractivity contribution in [2.24, 2.45) is 0 Å². The summed E-state index contributed by atoms with van der Waals surface area (Å²) in [5.74, 6) is 1.05. The molecule has 86 valence electrons. The summed E-state index contributed by atoms with van der Waals surface area (Å²) < 4.78 is 5.60. The van der Waals surface area contributed by atoms with Gasteiger partial charge in [-0.25, -0.2) is 4.98 Å². The van der Waals surface area contributed by atoms with E-state index >= 15 is 0 Å². The van der Waals surface area contributed by atoms with E-state index in [1.165, 1.54) is 11.1 Å². The lowest BCUT2D eigenvalue weighted by Crippen LogP contribution is -2.44. The summed E-state index contributed by atoms with van der Waals surface area (Å²) in [6, 6.07) is 1.69. The van der Waals surface area contributed by atoms with Crippen LogP contribution in [0.2, 0.25) is 5.02 Å². The molecule has 1 aliphatic heterocycles. The summed E-state index contributed by atoms with van der Waals surface area (Å²) in [5.41, 5.74) is 0. The molecule has 0 N–H and O–H groups in total. The molecule has 0 saturated carbocycles. The van der Waals surface area contributed by atoms with Gasteiger partial charge >= 0.3 is 0 Å². The van der Waals surface area contributed by atoms with Gasteiger partial charge in [-0.2, -0.15) is 0 Å². The first kappa shape index (κ1) is 11.2. The maximum Gasteiger partial charge on any atom is 0.269 e. The number of ether oxygens (including phenoxy) is 1. The van der Waals surface area contributed by atoms with E-state index < -0.39 is 6.10 Å². The molecule has 1 aromatic heterocycles. The maximum atomic E-state index is 11.9. The zero-order valence-corrected chi connectivity index (χ0v) is 9.99. The Morgan fingerprint density at radius 1 is 1.62 bits per heavy atom. The van der Waals surface area contributed by atoms with Crippen LogP contribution in [0.3, 0.4) is 0 Å². The van der Waals surface area contributed by atoms with Crippen molar-refractivity contribution in [2.45, 2.75) is 25.9 Å². The van der Waals surface area contributed by atoms with Crippen LogP contribution in [-0.2, 0) is 4.79 Å². The van der Waals surface area contributed by atoms with Gasteiger partial charge in [0.1, 0.15) is 0 Å². The number of likely N-dealkylation sites (N-methyl/N-ethyl adjacent to an activating group) is 1. The van der Waals surface area contributed by atoms with Crippen LogP contribution < -0.4 is 9.64 Å². The van der Waals surface area contributed by atoms with Crippen LogP contribution in [0.25, 0.3) is 0 Å². The van der Waals surface area contributed by atoms with Crippen molar-refractivity contribution in [3.05, 3.63) is 17.3 Å². The third-order valence-corrected chi connectivity index (χ3v) is 2.75. The van der Waals surface area contributed by atoms with Crippen LogP contribution in [0.1, 0.15) is 19.8 Å². The third kappa shape index (κ3) is 1.85. The van der Waals surface area contributed by atoms with E-state index in [1.807, 2.05) is 6.92 Å². The van der Waals surface area contributed by atoms with Gasteiger partial charge in [-0.1, -0.05) is 24.9 Å². The number of rotatable bonds is 2. The van der Waals surface area contributed by atoms with Crippen molar-refractivity contribution in [1.82, 2.24) is 4.98 Å². The van der Waals surface area contributed by atoms with Crippen molar-refractivity contribution >= 4 is 23.3 Å². The highest BCUT2D eigenvalue weighted by Gasteiger charge is 2.32. The average Bonchev–Trinajstić information content (AvgIpc) is 2.25. The molecule has 1 unspecified atom stereocenters. The van der Waals surface area contributed by atoms with Crippen molar-refractivity contribution in [3.8, 4) is 5.75 Å². The molecule has 0 fully saturated rings. The van der Waals surface area contributed by atoms with Crippen molar-refractivity contribution in [1.29, 1.82) is 0 Å². The third-order valence-electron chi connectivity index (χ3n) is 2.54. The first-order valence-corrected chi connectivity index (χ1v) is 5.61. The van der Waals surface area contributed by atoms with Gasteiger partial charge in [-0.05, 0) is 6.42 Å². The lowest BCUT2D eigenvalue weighted by atomic mass is 10.1. The fraction of sp³-hybridized carbons (Fsp3) is 0.455. The second kappa shape index (κ2) is 4.29. The zero-order chi connectivity index (χ0) is 11.7. The van der Waals surface area contributed by atoms with E-state index in [9.17, 15) is 4.79 Å². The number of anilines is 1. The molecule has 1 atom stereocenters. The fourth-order valence-electron chi connectivity index (χ4n) is 1.72. The molecule has 0 saturated heterocycles.